The zero-order valence-corrected chi connectivity index (χ0v) is 14.9. The van der Waals surface area contributed by atoms with E-state index < -0.39 is 0 Å². The van der Waals surface area contributed by atoms with Crippen molar-refractivity contribution in [2.24, 2.45) is 0 Å². The van der Waals surface area contributed by atoms with Gasteiger partial charge in [0.05, 0.1) is 13.1 Å². The average Bonchev–Trinajstić information content (AvgIpc) is 3.09. The van der Waals surface area contributed by atoms with E-state index in [0.717, 1.165) is 22.9 Å². The number of aromatic nitrogens is 3. The molecule has 1 fully saturated rings. The van der Waals surface area contributed by atoms with E-state index in [2.05, 4.69) is 41.3 Å². The van der Waals surface area contributed by atoms with Gasteiger partial charge in [-0.2, -0.15) is 4.52 Å². The van der Waals surface area contributed by atoms with Gasteiger partial charge in [0.25, 0.3) is 0 Å². The third-order valence-corrected chi connectivity index (χ3v) is 6.06. The third kappa shape index (κ3) is 2.59. The summed E-state index contributed by atoms with van der Waals surface area (Å²) in [5.41, 5.74) is 2.57. The zero-order chi connectivity index (χ0) is 16.7. The number of thiazole rings is 1. The van der Waals surface area contributed by atoms with Crippen LogP contribution in [0.4, 0.5) is 0 Å². The first-order valence-corrected chi connectivity index (χ1v) is 9.42. The maximum atomic E-state index is 10.8. The Balaban J connectivity index is 1.86. The maximum Gasteiger partial charge on any atom is 0.235 e. The van der Waals surface area contributed by atoms with Crippen molar-refractivity contribution in [3.63, 3.8) is 0 Å². The molecule has 0 unspecified atom stereocenters. The molecule has 1 aliphatic heterocycles. The van der Waals surface area contributed by atoms with Crippen molar-refractivity contribution in [3.8, 4) is 5.88 Å². The van der Waals surface area contributed by atoms with Gasteiger partial charge in [0.2, 0.25) is 10.8 Å². The smallest absolute Gasteiger partial charge is 0.235 e. The molecule has 126 valence electrons. The molecular weight excluding hydrogens is 320 g/mol. The Bertz CT molecular complexity index is 863. The number of hydrogen-bond donors (Lipinski definition) is 2. The number of fused-ring (bicyclic) bond motifs is 1. The Labute approximate surface area is 145 Å². The van der Waals surface area contributed by atoms with Crippen LogP contribution in [0.25, 0.3) is 4.96 Å². The van der Waals surface area contributed by atoms with E-state index in [1.807, 2.05) is 6.92 Å². The Kier molecular flexibility index (Phi) is 4.02. The largest absolute Gasteiger partial charge is 0.492 e. The van der Waals surface area contributed by atoms with Gasteiger partial charge in [-0.05, 0) is 38.7 Å². The first-order valence-electron chi connectivity index (χ1n) is 8.60. The fourth-order valence-electron chi connectivity index (χ4n) is 3.79. The molecule has 0 amide bonds. The fraction of sp³-hybridized carbons (Fsp3) is 0.444. The van der Waals surface area contributed by atoms with Crippen LogP contribution in [0.3, 0.4) is 0 Å². The lowest BCUT2D eigenvalue weighted by Crippen LogP contribution is -3.13. The highest BCUT2D eigenvalue weighted by Gasteiger charge is 2.34. The summed E-state index contributed by atoms with van der Waals surface area (Å²) in [5.74, 6) is 0.947. The number of rotatable bonds is 3. The number of likely N-dealkylation sites (tertiary alicyclic amines) is 1. The third-order valence-electron chi connectivity index (χ3n) is 4.97. The molecular formula is C18H23N4OS+. The topological polar surface area (TPSA) is 54.9 Å². The van der Waals surface area contributed by atoms with Crippen LogP contribution < -0.4 is 4.90 Å². The lowest BCUT2D eigenvalue weighted by atomic mass is 9.96. The van der Waals surface area contributed by atoms with Gasteiger partial charge < -0.3 is 10.0 Å². The number of piperidine rings is 1. The number of aromatic hydroxyl groups is 1. The summed E-state index contributed by atoms with van der Waals surface area (Å²) in [4.78, 5) is 7.73. The van der Waals surface area contributed by atoms with Gasteiger partial charge in [0.1, 0.15) is 10.7 Å². The molecule has 2 aromatic heterocycles. The second-order valence-electron chi connectivity index (χ2n) is 6.65. The van der Waals surface area contributed by atoms with Crippen LogP contribution >= 0.6 is 11.3 Å². The minimum absolute atomic E-state index is 0.153. The van der Waals surface area contributed by atoms with Crippen LogP contribution in [-0.4, -0.2) is 32.8 Å². The van der Waals surface area contributed by atoms with Gasteiger partial charge in [-0.15, -0.1) is 5.10 Å². The molecule has 6 heteroatoms. The molecule has 0 saturated carbocycles. The summed E-state index contributed by atoms with van der Waals surface area (Å²) in [6.45, 7) is 6.30. The lowest BCUT2D eigenvalue weighted by molar-refractivity contribution is -0.930. The maximum absolute atomic E-state index is 10.8. The lowest BCUT2D eigenvalue weighted by Gasteiger charge is -2.31. The number of aryl methyl sites for hydroxylation is 2. The Morgan fingerprint density at radius 1 is 1.17 bits per heavy atom. The Morgan fingerprint density at radius 2 is 1.92 bits per heavy atom. The Morgan fingerprint density at radius 3 is 2.62 bits per heavy atom. The number of nitrogens with one attached hydrogen (secondary N) is 1. The van der Waals surface area contributed by atoms with Crippen LogP contribution in [0.1, 0.15) is 47.1 Å². The van der Waals surface area contributed by atoms with E-state index in [4.69, 9.17) is 0 Å². The summed E-state index contributed by atoms with van der Waals surface area (Å²) in [7, 11) is 0. The van der Waals surface area contributed by atoms with E-state index >= 15 is 0 Å². The molecule has 24 heavy (non-hydrogen) atoms. The zero-order valence-electron chi connectivity index (χ0n) is 14.1. The van der Waals surface area contributed by atoms with Gasteiger partial charge in [0, 0.05) is 5.56 Å². The molecule has 0 bridgehead atoms. The quantitative estimate of drug-likeness (QED) is 0.767. The van der Waals surface area contributed by atoms with E-state index in [0.29, 0.717) is 5.82 Å². The van der Waals surface area contributed by atoms with E-state index in [9.17, 15) is 5.11 Å². The van der Waals surface area contributed by atoms with Gasteiger partial charge in [-0.3, -0.25) is 0 Å². The van der Waals surface area contributed by atoms with Crippen molar-refractivity contribution in [3.05, 3.63) is 46.1 Å². The summed E-state index contributed by atoms with van der Waals surface area (Å²) in [6.07, 6.45) is 3.81. The minimum atomic E-state index is 0.153. The van der Waals surface area contributed by atoms with Gasteiger partial charge in [-0.25, -0.2) is 4.98 Å². The van der Waals surface area contributed by atoms with Crippen molar-refractivity contribution in [2.45, 2.75) is 39.2 Å². The van der Waals surface area contributed by atoms with Crippen LogP contribution in [0.15, 0.2) is 24.3 Å². The van der Waals surface area contributed by atoms with Crippen LogP contribution in [0.2, 0.25) is 0 Å². The predicted octanol–water partition coefficient (Wildman–Crippen LogP) is 2.27. The molecule has 2 N–H and O–H groups in total. The number of quaternary nitrogens is 1. The van der Waals surface area contributed by atoms with Crippen LogP contribution in [0, 0.1) is 13.8 Å². The summed E-state index contributed by atoms with van der Waals surface area (Å²) < 4.78 is 1.59. The molecule has 5 nitrogen and oxygen atoms in total. The van der Waals surface area contributed by atoms with Crippen LogP contribution in [-0.2, 0) is 0 Å². The second-order valence-corrected chi connectivity index (χ2v) is 7.66. The van der Waals surface area contributed by atoms with Gasteiger partial charge >= 0.3 is 0 Å². The van der Waals surface area contributed by atoms with Crippen molar-refractivity contribution in [1.82, 2.24) is 14.6 Å². The first-order chi connectivity index (χ1) is 11.6. The number of nitrogens with zero attached hydrogens (tertiary/aromatic N) is 3. The van der Waals surface area contributed by atoms with Crippen molar-refractivity contribution in [2.75, 3.05) is 13.1 Å². The van der Waals surface area contributed by atoms with Gasteiger partial charge in [-0.1, -0.05) is 35.6 Å². The second kappa shape index (κ2) is 6.18. The van der Waals surface area contributed by atoms with E-state index in [1.165, 1.54) is 35.3 Å². The highest BCUT2D eigenvalue weighted by molar-refractivity contribution is 7.17. The number of benzene rings is 1. The highest BCUT2D eigenvalue weighted by atomic mass is 32.1. The molecule has 0 radical (unpaired) electrons. The molecule has 3 aromatic rings. The molecule has 0 aliphatic carbocycles. The predicted molar refractivity (Wildman–Crippen MR) is 94.8 cm³/mol. The fourth-order valence-corrected chi connectivity index (χ4v) is 4.97. The monoisotopic (exact) mass is 343 g/mol. The summed E-state index contributed by atoms with van der Waals surface area (Å²) in [6, 6.07) is 8.68. The molecule has 0 spiro atoms. The van der Waals surface area contributed by atoms with Crippen molar-refractivity contribution < 1.29 is 10.0 Å². The molecule has 1 saturated heterocycles. The number of hydrogen-bond acceptors (Lipinski definition) is 4. The molecule has 1 atom stereocenters. The standard InChI is InChI=1S/C18H22N4OS/c1-12-8-4-5-9-14(12)15(21-10-6-3-7-11-21)16-17(23)22-18(24-16)19-13(2)20-22/h4-5,8-9,15,23H,3,6-7,10-11H2,1-2H3/p+1/t15-/m0/s1. The first kappa shape index (κ1) is 15.6. The normalized spacial score (nSPS) is 17.4. The Hall–Kier alpha value is -1.92. The SMILES string of the molecule is Cc1nc2sc([C@H](c3ccccc3C)[NH+]3CCCCC3)c(O)n2n1. The van der Waals surface area contributed by atoms with Crippen LogP contribution in [0.5, 0.6) is 5.88 Å². The summed E-state index contributed by atoms with van der Waals surface area (Å²) in [5, 5.41) is 15.1. The van der Waals surface area contributed by atoms with Crippen molar-refractivity contribution in [1.29, 1.82) is 0 Å². The minimum Gasteiger partial charge on any atom is -0.492 e. The molecule has 3 heterocycles. The van der Waals surface area contributed by atoms with E-state index in [-0.39, 0.29) is 11.9 Å². The summed E-state index contributed by atoms with van der Waals surface area (Å²) >= 11 is 1.57. The van der Waals surface area contributed by atoms with E-state index in [1.54, 1.807) is 15.9 Å². The molecule has 1 aliphatic rings. The molecule has 1 aromatic carbocycles. The highest BCUT2D eigenvalue weighted by Crippen LogP contribution is 2.36. The van der Waals surface area contributed by atoms with Crippen molar-refractivity contribution >= 4 is 16.3 Å². The average molecular weight is 343 g/mol. The molecule has 4 rings (SSSR count). The van der Waals surface area contributed by atoms with Gasteiger partial charge in [0.15, 0.2) is 6.04 Å².